The molecule has 9 atom stereocenters. The number of phenolic OH excluding ortho intramolecular Hbond substituents is 1. The fourth-order valence-electron chi connectivity index (χ4n) is 10.4. The highest BCUT2D eigenvalue weighted by atomic mass is 16.7. The van der Waals surface area contributed by atoms with Crippen molar-refractivity contribution < 1.29 is 67.5 Å². The van der Waals surface area contributed by atoms with Crippen molar-refractivity contribution in [2.45, 2.75) is 106 Å². The molecule has 0 spiro atoms. The van der Waals surface area contributed by atoms with Gasteiger partial charge in [-0.1, -0.05) is 59.8 Å². The zero-order valence-corrected chi connectivity index (χ0v) is 45.7. The molecule has 1 amide bonds. The number of anilines is 2. The van der Waals surface area contributed by atoms with E-state index in [1.54, 1.807) is 31.2 Å². The number of ether oxygens (including phenoxy) is 4. The number of nitrogens with zero attached hydrogens (tertiary/aromatic N) is 3. The molecule has 20 nitrogen and oxygen atoms in total. The molecule has 418 valence electrons. The summed E-state index contributed by atoms with van der Waals surface area (Å²) < 4.78 is 30.2. The molecule has 4 aliphatic heterocycles. The third kappa shape index (κ3) is 12.0. The Balaban J connectivity index is 1.28. The van der Waals surface area contributed by atoms with Crippen molar-refractivity contribution in [1.82, 2.24) is 9.88 Å². The molecule has 1 fully saturated rings. The Morgan fingerprint density at radius 1 is 0.897 bits per heavy atom. The average molecular weight is 1080 g/mol. The molecular formula is C58H70N4O16. The van der Waals surface area contributed by atoms with Crippen molar-refractivity contribution in [3.05, 3.63) is 79.5 Å². The molecule has 78 heavy (non-hydrogen) atoms. The number of hydrogen-bond acceptors (Lipinski definition) is 19. The molecule has 5 heterocycles. The number of ketones is 1. The zero-order chi connectivity index (χ0) is 57.1. The molecule has 1 aromatic heterocycles. The number of esters is 2. The number of carbonyl (C=O) groups excluding carboxylic acids is 6. The summed E-state index contributed by atoms with van der Waals surface area (Å²) in [5, 5.41) is 38.1. The second-order valence-electron chi connectivity index (χ2n) is 21.3. The van der Waals surface area contributed by atoms with Crippen LogP contribution in [0.15, 0.2) is 62.3 Å². The van der Waals surface area contributed by atoms with Crippen LogP contribution in [-0.2, 0) is 43.0 Å². The minimum Gasteiger partial charge on any atom is -0.507 e. The van der Waals surface area contributed by atoms with E-state index in [4.69, 9.17) is 28.3 Å². The number of aliphatic hydroxyl groups is 2. The van der Waals surface area contributed by atoms with E-state index in [2.05, 4.69) is 10.2 Å². The van der Waals surface area contributed by atoms with Crippen molar-refractivity contribution >= 4 is 86.3 Å². The number of benzene rings is 3. The molecule has 0 saturated carbocycles. The monoisotopic (exact) mass is 1080 g/mol. The highest BCUT2D eigenvalue weighted by Gasteiger charge is 2.44. The molecule has 4 aromatic rings. The molecule has 0 aliphatic carbocycles. The third-order valence-corrected chi connectivity index (χ3v) is 16.0. The number of phenols is 1. The van der Waals surface area contributed by atoms with Gasteiger partial charge in [0.25, 0.3) is 5.91 Å². The second kappa shape index (κ2) is 24.1. The number of fused-ring (bicyclic) bond motifs is 14. The Morgan fingerprint density at radius 2 is 1.58 bits per heavy atom. The first-order valence-corrected chi connectivity index (χ1v) is 26.4. The molecule has 0 unspecified atom stereocenters. The Bertz CT molecular complexity index is 3290. The van der Waals surface area contributed by atoms with Gasteiger partial charge in [-0.3, -0.25) is 33.7 Å². The summed E-state index contributed by atoms with van der Waals surface area (Å²) in [4.78, 5) is 111. The van der Waals surface area contributed by atoms with Gasteiger partial charge in [0.05, 0.1) is 35.3 Å². The van der Waals surface area contributed by atoms with Gasteiger partial charge in [0, 0.05) is 99.7 Å². The van der Waals surface area contributed by atoms with Gasteiger partial charge < -0.3 is 58.5 Å². The number of piperazine rings is 1. The van der Waals surface area contributed by atoms with Gasteiger partial charge in [-0.05, 0) is 49.5 Å². The van der Waals surface area contributed by atoms with Crippen LogP contribution in [0, 0.1) is 48.3 Å². The van der Waals surface area contributed by atoms with Crippen LogP contribution < -0.4 is 31.0 Å². The average Bonchev–Trinajstić information content (AvgIpc) is 3.51. The molecular weight excluding hydrogens is 1010 g/mol. The number of aldehydes is 2. The maximum absolute atomic E-state index is 15.0. The van der Waals surface area contributed by atoms with Crippen LogP contribution >= 0.6 is 0 Å². The van der Waals surface area contributed by atoms with E-state index in [1.165, 1.54) is 33.1 Å². The number of amides is 1. The fourth-order valence-corrected chi connectivity index (χ4v) is 10.4. The van der Waals surface area contributed by atoms with Crippen LogP contribution in [0.3, 0.4) is 0 Å². The lowest BCUT2D eigenvalue weighted by Crippen LogP contribution is -2.47. The normalized spacial score (nSPS) is 27.0. The molecule has 0 radical (unpaired) electrons. The Morgan fingerprint density at radius 3 is 2.24 bits per heavy atom. The number of Topliss-reactive ketones (excluding diaryl/α,β-unsaturated/α-hetero) is 1. The van der Waals surface area contributed by atoms with Crippen LogP contribution in [0.25, 0.3) is 38.7 Å². The SMILES string of the molecule is CC(=O)O[C@H]1[C@H](C)[C@H](O)[C@H](C)[C@@H](C)[C@@H](C)/C=C/C=C(/C)C(=O)Nc2c(=O)c3c(O)c(C)c4c(c3c3nc5c(=O)cc(N6CCN(CCOC(=O)CCC(=O)CC(C=O)C=O)CC6)cc5oc23)=C(O)[C@@](C)(O/C=C/[C@H](C)[C@H]1C)O4. The first-order chi connectivity index (χ1) is 36.9. The predicted molar refractivity (Wildman–Crippen MR) is 291 cm³/mol. The molecule has 5 bridgehead atoms. The quantitative estimate of drug-likeness (QED) is 0.0424. The number of nitrogens with one attached hydrogen (secondary N) is 1. The number of carbonyl (C=O) groups is 6. The number of aromatic nitrogens is 1. The van der Waals surface area contributed by atoms with Crippen LogP contribution in [0.1, 0.15) is 87.1 Å². The van der Waals surface area contributed by atoms with Gasteiger partial charge in [0.15, 0.2) is 22.4 Å². The summed E-state index contributed by atoms with van der Waals surface area (Å²) in [5.74, 6) is -7.88. The lowest BCUT2D eigenvalue weighted by Gasteiger charge is -2.38. The van der Waals surface area contributed by atoms with E-state index in [1.807, 2.05) is 52.5 Å². The smallest absolute Gasteiger partial charge is 0.307 e. The first kappa shape index (κ1) is 58.2. The van der Waals surface area contributed by atoms with E-state index >= 15 is 0 Å². The Kier molecular flexibility index (Phi) is 18.0. The van der Waals surface area contributed by atoms with E-state index in [-0.39, 0.29) is 111 Å². The van der Waals surface area contributed by atoms with Crippen molar-refractivity contribution in [2.24, 2.45) is 41.4 Å². The van der Waals surface area contributed by atoms with Crippen LogP contribution in [0.2, 0.25) is 0 Å². The third-order valence-electron chi connectivity index (χ3n) is 16.0. The summed E-state index contributed by atoms with van der Waals surface area (Å²) >= 11 is 0. The largest absolute Gasteiger partial charge is 0.507 e. The van der Waals surface area contributed by atoms with Gasteiger partial charge in [-0.25, -0.2) is 4.98 Å². The summed E-state index contributed by atoms with van der Waals surface area (Å²) in [6.45, 7) is 19.8. The molecule has 20 heteroatoms. The van der Waals surface area contributed by atoms with Gasteiger partial charge in [-0.15, -0.1) is 0 Å². The summed E-state index contributed by atoms with van der Waals surface area (Å²) in [7, 11) is 0. The number of aromatic hydroxyl groups is 1. The predicted octanol–water partition coefficient (Wildman–Crippen LogP) is 5.88. The van der Waals surface area contributed by atoms with Gasteiger partial charge in [0.1, 0.15) is 53.8 Å². The van der Waals surface area contributed by atoms with Crippen LogP contribution in [0.5, 0.6) is 11.5 Å². The van der Waals surface area contributed by atoms with E-state index < -0.39 is 81.5 Å². The summed E-state index contributed by atoms with van der Waals surface area (Å²) in [5.41, 5.74) is -1.73. The first-order valence-electron chi connectivity index (χ1n) is 26.4. The molecule has 4 N–H and O–H groups in total. The van der Waals surface area contributed by atoms with E-state index in [0.29, 0.717) is 51.0 Å². The van der Waals surface area contributed by atoms with Gasteiger partial charge >= 0.3 is 17.7 Å². The maximum atomic E-state index is 15.0. The molecule has 4 aliphatic rings. The Labute approximate surface area is 450 Å². The van der Waals surface area contributed by atoms with Crippen molar-refractivity contribution in [2.75, 3.05) is 49.5 Å². The Hall–Kier alpha value is -7.45. The number of aliphatic hydroxyl groups excluding tert-OH is 2. The van der Waals surface area contributed by atoms with Crippen molar-refractivity contribution in [1.29, 1.82) is 0 Å². The number of allylic oxidation sites excluding steroid dienone is 4. The maximum Gasteiger partial charge on any atom is 0.307 e. The highest BCUT2D eigenvalue weighted by Crippen LogP contribution is 2.42. The van der Waals surface area contributed by atoms with Crippen molar-refractivity contribution in [3.8, 4) is 11.5 Å². The summed E-state index contributed by atoms with van der Waals surface area (Å²) in [6, 6.07) is 3.00. The second-order valence-corrected chi connectivity index (χ2v) is 21.3. The van der Waals surface area contributed by atoms with E-state index in [9.17, 15) is 53.7 Å². The van der Waals surface area contributed by atoms with Crippen LogP contribution in [0.4, 0.5) is 11.4 Å². The summed E-state index contributed by atoms with van der Waals surface area (Å²) in [6.07, 6.45) is 6.85. The minimum absolute atomic E-state index is 0.0323. The highest BCUT2D eigenvalue weighted by molar-refractivity contribution is 6.17. The number of rotatable bonds is 12. The lowest BCUT2D eigenvalue weighted by atomic mass is 9.74. The molecule has 8 rings (SSSR count). The zero-order valence-electron chi connectivity index (χ0n) is 45.7. The number of hydrogen-bond donors (Lipinski definition) is 4. The molecule has 1 saturated heterocycles. The van der Waals surface area contributed by atoms with Gasteiger partial charge in [-0.2, -0.15) is 0 Å². The van der Waals surface area contributed by atoms with E-state index in [0.717, 1.165) is 0 Å². The molecule has 3 aromatic carbocycles. The van der Waals surface area contributed by atoms with Gasteiger partial charge in [0.2, 0.25) is 10.9 Å². The van der Waals surface area contributed by atoms with Crippen LogP contribution in [-0.4, -0.2) is 119 Å². The topological polar surface area (TPSA) is 279 Å². The van der Waals surface area contributed by atoms with Crippen molar-refractivity contribution in [3.63, 3.8) is 0 Å². The fraction of sp³-hybridized carbons (Fsp3) is 0.500. The lowest BCUT2D eigenvalue weighted by molar-refractivity contribution is -0.157. The minimum atomic E-state index is -1.95. The standard InChI is InChI=1S/C58H70N4O16/c1-29-12-11-13-31(3)57(73)60-49-52(71)45-44(46-54(36(8)51(45)70)78-58(10,56(46)72)75-22-16-30(2)33(5)53(76-37(9)65)35(7)50(69)34(6)32(29)4)48-55(49)77-42-26-39(25-41(67)47(42)59-48)62-19-17-61(18-20-62)21-23-74-43(68)15-14-40(66)24-38(27-63)28-64/h11-13,16,22,25-30,32-35,38,50,53,69-70,72H,14-15,17-21,23-24H2,1-10H3,(H,60,73)/b12-11+,22-16+,31-13-/t29-,30-,32-,33+,34+,35+,50+,53+,58-/m0/s1.